The number of rotatable bonds is 6. The van der Waals surface area contributed by atoms with Crippen molar-refractivity contribution in [1.29, 1.82) is 0 Å². The van der Waals surface area contributed by atoms with Gasteiger partial charge in [0.15, 0.2) is 6.29 Å². The molecule has 32 heavy (non-hydrogen) atoms. The van der Waals surface area contributed by atoms with Crippen molar-refractivity contribution >= 4 is 33.5 Å². The van der Waals surface area contributed by atoms with Gasteiger partial charge >= 0.3 is 0 Å². The van der Waals surface area contributed by atoms with Crippen LogP contribution in [0.15, 0.2) is 30.5 Å². The number of aryl methyl sites for hydroxylation is 1. The largest absolute Gasteiger partial charge is 0.437 e. The van der Waals surface area contributed by atoms with E-state index in [-0.39, 0.29) is 12.3 Å². The molecule has 0 N–H and O–H groups in total. The second-order valence-electron chi connectivity index (χ2n) is 8.10. The maximum absolute atomic E-state index is 6.23. The van der Waals surface area contributed by atoms with Crippen LogP contribution in [0.4, 0.5) is 0 Å². The Hall–Kier alpha value is -2.15. The van der Waals surface area contributed by atoms with E-state index < -0.39 is 0 Å². The van der Waals surface area contributed by atoms with Crippen LogP contribution in [0.25, 0.3) is 10.9 Å². The van der Waals surface area contributed by atoms with Gasteiger partial charge in [0.2, 0.25) is 5.88 Å². The van der Waals surface area contributed by atoms with Crippen LogP contribution in [0, 0.1) is 22.3 Å². The van der Waals surface area contributed by atoms with Gasteiger partial charge in [0.05, 0.1) is 27.0 Å². The van der Waals surface area contributed by atoms with Gasteiger partial charge in [-0.15, -0.1) is 0 Å². The Labute approximate surface area is 202 Å². The molecule has 168 valence electrons. The van der Waals surface area contributed by atoms with Gasteiger partial charge in [0.1, 0.15) is 5.75 Å². The summed E-state index contributed by atoms with van der Waals surface area (Å²) in [5, 5.41) is 5.80. The summed E-state index contributed by atoms with van der Waals surface area (Å²) in [5.41, 5.74) is 2.83. The number of pyridine rings is 1. The van der Waals surface area contributed by atoms with E-state index >= 15 is 0 Å². The summed E-state index contributed by atoms with van der Waals surface area (Å²) in [7, 11) is 0. The molecule has 0 saturated carbocycles. The minimum absolute atomic E-state index is 0.0865. The molecule has 7 heteroatoms. The molecule has 0 spiro atoms. The summed E-state index contributed by atoms with van der Waals surface area (Å²) in [6, 6.07) is 8.20. The molecule has 1 unspecified atom stereocenters. The third-order valence-corrected chi connectivity index (χ3v) is 6.13. The summed E-state index contributed by atoms with van der Waals surface area (Å²) < 4.78 is 20.6. The first-order valence-corrected chi connectivity index (χ1v) is 12.1. The lowest BCUT2D eigenvalue weighted by atomic mass is 10.1. The first kappa shape index (κ1) is 23.0. The maximum Gasteiger partial charge on any atom is 0.232 e. The number of fused-ring (bicyclic) bond motifs is 1. The molecule has 1 aliphatic rings. The zero-order chi connectivity index (χ0) is 22.5. The number of halogens is 1. The smallest absolute Gasteiger partial charge is 0.232 e. The molecule has 1 aromatic carbocycles. The highest BCUT2D eigenvalue weighted by molar-refractivity contribution is 14.1. The van der Waals surface area contributed by atoms with Crippen molar-refractivity contribution in [2.24, 2.45) is 0 Å². The predicted octanol–water partition coefficient (Wildman–Crippen LogP) is 6.00. The number of ether oxygens (including phenoxy) is 3. The van der Waals surface area contributed by atoms with Crippen LogP contribution >= 0.6 is 22.6 Å². The highest BCUT2D eigenvalue weighted by atomic mass is 127. The number of nitrogens with zero attached hydrogens (tertiary/aromatic N) is 3. The van der Waals surface area contributed by atoms with Gasteiger partial charge in [0, 0.05) is 36.7 Å². The number of hydrogen-bond acceptors (Lipinski definition) is 5. The topological polar surface area (TPSA) is 58.4 Å². The Kier molecular flexibility index (Phi) is 7.66. The molecule has 2 aromatic heterocycles. The molecule has 4 rings (SSSR count). The second kappa shape index (κ2) is 10.6. The SMILES string of the molecule is Cc1nn(C(C)C)c2cc(Oc3ncccc3I)c(C#CCCOC3CCCCO3)cc12. The van der Waals surface area contributed by atoms with Gasteiger partial charge in [0.25, 0.3) is 0 Å². The van der Waals surface area contributed by atoms with Gasteiger partial charge in [-0.25, -0.2) is 4.98 Å². The Morgan fingerprint density at radius 2 is 2.19 bits per heavy atom. The second-order valence-corrected chi connectivity index (χ2v) is 9.26. The van der Waals surface area contributed by atoms with Crippen molar-refractivity contribution in [1.82, 2.24) is 14.8 Å². The van der Waals surface area contributed by atoms with Gasteiger partial charge in [-0.3, -0.25) is 4.68 Å². The van der Waals surface area contributed by atoms with E-state index in [4.69, 9.17) is 19.3 Å². The Morgan fingerprint density at radius 3 is 2.94 bits per heavy atom. The van der Waals surface area contributed by atoms with Crippen LogP contribution < -0.4 is 4.74 Å². The van der Waals surface area contributed by atoms with Crippen LogP contribution in [-0.2, 0) is 9.47 Å². The molecule has 0 bridgehead atoms. The van der Waals surface area contributed by atoms with Crippen molar-refractivity contribution in [2.45, 2.75) is 58.8 Å². The van der Waals surface area contributed by atoms with Gasteiger partial charge in [-0.2, -0.15) is 5.10 Å². The predicted molar refractivity (Wildman–Crippen MR) is 133 cm³/mol. The van der Waals surface area contributed by atoms with E-state index in [2.05, 4.69) is 59.3 Å². The van der Waals surface area contributed by atoms with Gasteiger partial charge in [-0.1, -0.05) is 11.8 Å². The van der Waals surface area contributed by atoms with E-state index in [0.717, 1.165) is 51.6 Å². The summed E-state index contributed by atoms with van der Waals surface area (Å²) in [4.78, 5) is 4.38. The fraction of sp³-hybridized carbons (Fsp3) is 0.440. The van der Waals surface area contributed by atoms with Crippen molar-refractivity contribution in [2.75, 3.05) is 13.2 Å². The maximum atomic E-state index is 6.23. The summed E-state index contributed by atoms with van der Waals surface area (Å²) in [5.74, 6) is 7.77. The minimum Gasteiger partial charge on any atom is -0.437 e. The third kappa shape index (κ3) is 5.42. The molecule has 1 aliphatic heterocycles. The van der Waals surface area contributed by atoms with Crippen molar-refractivity contribution in [3.05, 3.63) is 45.3 Å². The molecule has 0 radical (unpaired) electrons. The molecule has 0 aliphatic carbocycles. The van der Waals surface area contributed by atoms with Crippen LogP contribution in [0.1, 0.15) is 56.8 Å². The zero-order valence-electron chi connectivity index (χ0n) is 18.7. The molecule has 1 saturated heterocycles. The lowest BCUT2D eigenvalue weighted by Gasteiger charge is -2.22. The average molecular weight is 545 g/mol. The van der Waals surface area contributed by atoms with Crippen molar-refractivity contribution in [3.63, 3.8) is 0 Å². The highest BCUT2D eigenvalue weighted by Crippen LogP contribution is 2.33. The van der Waals surface area contributed by atoms with E-state index in [1.807, 2.05) is 29.8 Å². The zero-order valence-corrected chi connectivity index (χ0v) is 20.9. The summed E-state index contributed by atoms with van der Waals surface area (Å²) in [6.07, 6.45) is 5.51. The first-order chi connectivity index (χ1) is 15.5. The standard InChI is InChI=1S/C25H28IN3O3/c1-17(2)29-22-16-23(32-25-21(26)10-8-12-27-25)19(15-20(22)18(3)28-29)9-4-6-13-30-24-11-5-7-14-31-24/h8,10,12,15-17,24H,5-7,11,13-14H2,1-3H3. The van der Waals surface area contributed by atoms with Gasteiger partial charge in [-0.05, 0) is 80.8 Å². The van der Waals surface area contributed by atoms with Crippen molar-refractivity contribution in [3.8, 4) is 23.5 Å². The van der Waals surface area contributed by atoms with E-state index in [1.165, 1.54) is 0 Å². The van der Waals surface area contributed by atoms with Crippen LogP contribution in [-0.4, -0.2) is 34.3 Å². The minimum atomic E-state index is -0.0865. The van der Waals surface area contributed by atoms with E-state index in [9.17, 15) is 0 Å². The quantitative estimate of drug-likeness (QED) is 0.216. The molecule has 1 atom stereocenters. The van der Waals surface area contributed by atoms with E-state index in [0.29, 0.717) is 24.7 Å². The number of benzene rings is 1. The average Bonchev–Trinajstić information content (AvgIpc) is 3.11. The summed E-state index contributed by atoms with van der Waals surface area (Å²) in [6.45, 7) is 7.61. The Morgan fingerprint density at radius 1 is 1.31 bits per heavy atom. The highest BCUT2D eigenvalue weighted by Gasteiger charge is 2.16. The fourth-order valence-corrected chi connectivity index (χ4v) is 4.14. The lowest BCUT2D eigenvalue weighted by Crippen LogP contribution is -2.22. The third-order valence-electron chi connectivity index (χ3n) is 5.30. The normalized spacial score (nSPS) is 16.2. The molecule has 3 heterocycles. The van der Waals surface area contributed by atoms with Crippen LogP contribution in [0.5, 0.6) is 11.6 Å². The molecule has 0 amide bonds. The molecular formula is C25H28IN3O3. The molecular weight excluding hydrogens is 517 g/mol. The van der Waals surface area contributed by atoms with Crippen LogP contribution in [0.3, 0.4) is 0 Å². The Bertz CT molecular complexity index is 1140. The lowest BCUT2D eigenvalue weighted by molar-refractivity contribution is -0.161. The summed E-state index contributed by atoms with van der Waals surface area (Å²) >= 11 is 2.23. The first-order valence-electron chi connectivity index (χ1n) is 11.1. The van der Waals surface area contributed by atoms with Crippen molar-refractivity contribution < 1.29 is 14.2 Å². The van der Waals surface area contributed by atoms with Crippen LogP contribution in [0.2, 0.25) is 0 Å². The van der Waals surface area contributed by atoms with Gasteiger partial charge < -0.3 is 14.2 Å². The number of aromatic nitrogens is 3. The molecule has 1 fully saturated rings. The fourth-order valence-electron chi connectivity index (χ4n) is 3.69. The monoisotopic (exact) mass is 545 g/mol. The number of hydrogen-bond donors (Lipinski definition) is 0. The molecule has 3 aromatic rings. The Balaban J connectivity index is 1.60. The van der Waals surface area contributed by atoms with E-state index in [1.54, 1.807) is 6.20 Å². The molecule has 6 nitrogen and oxygen atoms in total.